The number of benzene rings is 5. The molecule has 18 heteroatoms. The van der Waals surface area contributed by atoms with Gasteiger partial charge in [0.25, 0.3) is 11.8 Å². The Hall–Kier alpha value is -8.22. The average Bonchev–Trinajstić information content (AvgIpc) is 2.69. The van der Waals surface area contributed by atoms with Crippen LogP contribution in [-0.4, -0.2) is 133 Å². The topological polar surface area (TPSA) is 239 Å². The van der Waals surface area contributed by atoms with Gasteiger partial charge in [-0.3, -0.25) is 38.4 Å². The quantitative estimate of drug-likeness (QED) is 0.0494. The largest absolute Gasteiger partial charge is 0.347 e. The molecule has 2 aliphatic heterocycles. The van der Waals surface area contributed by atoms with Gasteiger partial charge in [0.2, 0.25) is 35.4 Å². The summed E-state index contributed by atoms with van der Waals surface area (Å²) in [6.45, 7) is 3.50. The Balaban J connectivity index is 0.805. The van der Waals surface area contributed by atoms with Crippen LogP contribution in [-0.2, 0) is 28.8 Å². The highest BCUT2D eigenvalue weighted by atomic mass is 16.2. The van der Waals surface area contributed by atoms with Crippen molar-refractivity contribution in [3.05, 3.63) is 155 Å². The van der Waals surface area contributed by atoms with Gasteiger partial charge < -0.3 is 52.3 Å². The summed E-state index contributed by atoms with van der Waals surface area (Å²) < 4.78 is 0. The van der Waals surface area contributed by atoms with Crippen LogP contribution in [0.2, 0.25) is 0 Å². The van der Waals surface area contributed by atoms with E-state index < -0.39 is 72.2 Å². The second-order valence-corrected chi connectivity index (χ2v) is 24.4. The van der Waals surface area contributed by atoms with Crippen LogP contribution >= 0.6 is 0 Å². The van der Waals surface area contributed by atoms with Gasteiger partial charge in [-0.15, -0.1) is 0 Å². The number of fused-ring (bicyclic) bond motifs is 6. The molecular weight excluding hydrogens is 1080 g/mol. The van der Waals surface area contributed by atoms with Crippen molar-refractivity contribution in [2.45, 2.75) is 151 Å². The maximum Gasteiger partial charge on any atom is 0.251 e. The number of rotatable bonds is 18. The minimum atomic E-state index is -0.980. The first-order valence-electron chi connectivity index (χ1n) is 31.0. The Kier molecular flexibility index (Phi) is 18.1. The molecule has 6 aliphatic rings. The van der Waals surface area contributed by atoms with Gasteiger partial charge in [0.15, 0.2) is 0 Å². The lowest BCUT2D eigenvalue weighted by molar-refractivity contribution is -0.143. The van der Waals surface area contributed by atoms with Crippen molar-refractivity contribution in [1.82, 2.24) is 52.3 Å². The first-order valence-corrected chi connectivity index (χ1v) is 31.0. The van der Waals surface area contributed by atoms with Crippen molar-refractivity contribution in [3.8, 4) is 22.3 Å². The number of hydrogen-bond donors (Lipinski definition) is 8. The molecule has 8 N–H and O–H groups in total. The highest BCUT2D eigenvalue weighted by Gasteiger charge is 2.48. The monoisotopic (exact) mass is 1160 g/mol. The van der Waals surface area contributed by atoms with Crippen molar-refractivity contribution in [1.29, 1.82) is 0 Å². The lowest BCUT2D eigenvalue weighted by atomic mass is 9.83. The van der Waals surface area contributed by atoms with Crippen LogP contribution in [0.25, 0.3) is 22.3 Å². The molecule has 4 fully saturated rings. The molecule has 0 spiro atoms. The zero-order chi connectivity index (χ0) is 60.2. The van der Waals surface area contributed by atoms with E-state index in [4.69, 9.17) is 0 Å². The lowest BCUT2D eigenvalue weighted by Gasteiger charge is -2.35. The van der Waals surface area contributed by atoms with E-state index in [2.05, 4.69) is 42.5 Å². The second-order valence-electron chi connectivity index (χ2n) is 24.4. The van der Waals surface area contributed by atoms with Crippen LogP contribution in [0.3, 0.4) is 0 Å². The molecule has 8 atom stereocenters. The highest BCUT2D eigenvalue weighted by Crippen LogP contribution is 2.45. The van der Waals surface area contributed by atoms with Gasteiger partial charge in [0, 0.05) is 36.3 Å². The number of amides is 8. The standard InChI is InChI=1S/C68H80N10O8/c1-39(69-3)61(79)73-57(41-19-7-5-8-20-41)67(85)77-37-45(35-55(77)65(83)75-59-51-27-15-11-23-47(51)48-24-12-16-28-52(48)59)71-63(81)43-31-33-44(34-32-43)64(82)72-46-36-56(66(84)76-60-53-29-17-13-25-49(53)50-26-14-18-30-54(50)60)78(38-46)68(86)58(42-21-9-6-10-22-42)74-62(80)40(2)70-4/h11-18,23-34,39-42,45-46,55-60,69-70H,5-10,19-22,35-38H2,1-4H3,(H,71,81)(H,72,82)(H,73,79)(H,74,80)(H,75,83)(H,76,84)/t39-,40-,45-,46?,55-,56-,57-,58-/m0/s1. The SMILES string of the molecule is CN[C@@H](C)C(=O)N[C@H](C(=O)N1CC(NC(=O)c2ccc(C(=O)N[C@H]3C[C@@H](C(=O)NC4c5ccccc5-c5ccccc54)N(C(=O)[C@@H](NC(=O)[C@H](C)NC)C4CCCCC4)C3)cc2)C[C@H]1C(=O)NC1c2ccccc2-c2ccccc21)C1CCCCC1. The average molecular weight is 1170 g/mol. The predicted octanol–water partition coefficient (Wildman–Crippen LogP) is 6.20. The molecule has 2 saturated carbocycles. The summed E-state index contributed by atoms with van der Waals surface area (Å²) in [4.78, 5) is 119. The fraction of sp³-hybridized carbons (Fsp3) is 0.441. The van der Waals surface area contributed by atoms with E-state index in [1.807, 2.05) is 97.1 Å². The summed E-state index contributed by atoms with van der Waals surface area (Å²) in [6, 6.07) is 30.8. The molecule has 450 valence electrons. The predicted molar refractivity (Wildman–Crippen MR) is 327 cm³/mol. The van der Waals surface area contributed by atoms with Gasteiger partial charge in [-0.05, 0) is 147 Å². The Morgan fingerprint density at radius 1 is 0.419 bits per heavy atom. The van der Waals surface area contributed by atoms with Crippen molar-refractivity contribution in [2.24, 2.45) is 11.8 Å². The van der Waals surface area contributed by atoms with E-state index in [-0.39, 0.29) is 84.3 Å². The maximum absolute atomic E-state index is 15.1. The Morgan fingerprint density at radius 3 is 1.05 bits per heavy atom. The lowest BCUT2D eigenvalue weighted by Crippen LogP contribution is -2.58. The Labute approximate surface area is 503 Å². The van der Waals surface area contributed by atoms with E-state index in [1.165, 1.54) is 0 Å². The Morgan fingerprint density at radius 2 is 0.733 bits per heavy atom. The molecule has 0 aromatic heterocycles. The fourth-order valence-corrected chi connectivity index (χ4v) is 14.1. The van der Waals surface area contributed by atoms with Gasteiger partial charge in [0.1, 0.15) is 24.2 Å². The van der Waals surface area contributed by atoms with E-state index >= 15 is 9.59 Å². The maximum atomic E-state index is 15.1. The molecule has 4 aliphatic carbocycles. The van der Waals surface area contributed by atoms with Crippen LogP contribution in [0.1, 0.15) is 146 Å². The molecule has 0 bridgehead atoms. The first kappa shape index (κ1) is 59.5. The summed E-state index contributed by atoms with van der Waals surface area (Å²) in [6.07, 6.45) is 8.97. The second kappa shape index (κ2) is 26.2. The van der Waals surface area contributed by atoms with E-state index in [0.717, 1.165) is 109 Å². The molecule has 18 nitrogen and oxygen atoms in total. The summed E-state index contributed by atoms with van der Waals surface area (Å²) in [5.41, 5.74) is 8.33. The van der Waals surface area contributed by atoms with Gasteiger partial charge in [-0.2, -0.15) is 0 Å². The third kappa shape index (κ3) is 12.3. The van der Waals surface area contributed by atoms with Crippen molar-refractivity contribution in [3.63, 3.8) is 0 Å². The van der Waals surface area contributed by atoms with Crippen LogP contribution in [0.5, 0.6) is 0 Å². The van der Waals surface area contributed by atoms with Crippen molar-refractivity contribution >= 4 is 47.3 Å². The number of likely N-dealkylation sites (N-methyl/N-ethyl adjacent to an activating group) is 2. The number of nitrogens with one attached hydrogen (secondary N) is 8. The zero-order valence-electron chi connectivity index (χ0n) is 49.5. The number of hydrogen-bond acceptors (Lipinski definition) is 10. The van der Waals surface area contributed by atoms with Crippen LogP contribution in [0.4, 0.5) is 0 Å². The number of nitrogens with zero attached hydrogens (tertiary/aromatic N) is 2. The molecule has 1 unspecified atom stereocenters. The Bertz CT molecular complexity index is 3070. The molecule has 5 aromatic carbocycles. The normalized spacial score (nSPS) is 21.6. The van der Waals surface area contributed by atoms with Gasteiger partial charge in [0.05, 0.1) is 24.2 Å². The number of likely N-dealkylation sites (tertiary alicyclic amines) is 2. The molecule has 8 amide bonds. The minimum Gasteiger partial charge on any atom is -0.347 e. The molecular formula is C68H80N10O8. The van der Waals surface area contributed by atoms with Crippen LogP contribution < -0.4 is 42.5 Å². The van der Waals surface area contributed by atoms with E-state index in [9.17, 15) is 28.8 Å². The molecule has 11 rings (SSSR count). The molecule has 2 heterocycles. The van der Waals surface area contributed by atoms with E-state index in [1.54, 1.807) is 62.0 Å². The van der Waals surface area contributed by atoms with Crippen molar-refractivity contribution in [2.75, 3.05) is 27.2 Å². The van der Waals surface area contributed by atoms with Crippen molar-refractivity contribution < 1.29 is 38.4 Å². The zero-order valence-corrected chi connectivity index (χ0v) is 49.5. The van der Waals surface area contributed by atoms with Gasteiger partial charge in [-0.25, -0.2) is 0 Å². The third-order valence-corrected chi connectivity index (χ3v) is 19.1. The molecule has 86 heavy (non-hydrogen) atoms. The molecule has 5 aromatic rings. The molecule has 0 radical (unpaired) electrons. The van der Waals surface area contributed by atoms with E-state index in [0.29, 0.717) is 0 Å². The highest BCUT2D eigenvalue weighted by molar-refractivity contribution is 6.00. The van der Waals surface area contributed by atoms with Crippen LogP contribution in [0, 0.1) is 11.8 Å². The van der Waals surface area contributed by atoms with Gasteiger partial charge in [-0.1, -0.05) is 136 Å². The van der Waals surface area contributed by atoms with Crippen LogP contribution in [0.15, 0.2) is 121 Å². The number of carbonyl (C=O) groups excluding carboxylic acids is 8. The molecule has 2 saturated heterocycles. The van der Waals surface area contributed by atoms with Gasteiger partial charge >= 0.3 is 0 Å². The summed E-state index contributed by atoms with van der Waals surface area (Å²) in [5.74, 6) is -3.32. The first-order chi connectivity index (χ1) is 41.7. The smallest absolute Gasteiger partial charge is 0.251 e. The fourth-order valence-electron chi connectivity index (χ4n) is 14.1. The summed E-state index contributed by atoms with van der Waals surface area (Å²) in [5, 5.41) is 24.8. The minimum absolute atomic E-state index is 0.0195. The number of carbonyl (C=O) groups is 8. The summed E-state index contributed by atoms with van der Waals surface area (Å²) in [7, 11) is 3.37. The summed E-state index contributed by atoms with van der Waals surface area (Å²) >= 11 is 0. The third-order valence-electron chi connectivity index (χ3n) is 19.1.